The lowest BCUT2D eigenvalue weighted by Crippen LogP contribution is -2.48. The van der Waals surface area contributed by atoms with Crippen molar-refractivity contribution >= 4 is 23.2 Å². The van der Waals surface area contributed by atoms with Gasteiger partial charge in [0.2, 0.25) is 5.91 Å². The summed E-state index contributed by atoms with van der Waals surface area (Å²) >= 11 is 0. The molecule has 0 radical (unpaired) electrons. The van der Waals surface area contributed by atoms with Crippen LogP contribution in [0.5, 0.6) is 5.75 Å². The minimum atomic E-state index is 0.0373. The highest BCUT2D eigenvalue weighted by atomic mass is 16.5. The van der Waals surface area contributed by atoms with Crippen molar-refractivity contribution in [2.45, 2.75) is 12.8 Å². The molecule has 0 aromatic heterocycles. The number of carbonyl (C=O) groups is 2. The van der Waals surface area contributed by atoms with Crippen LogP contribution in [0.3, 0.4) is 0 Å². The first-order valence-corrected chi connectivity index (χ1v) is 9.25. The van der Waals surface area contributed by atoms with E-state index < -0.39 is 0 Å². The summed E-state index contributed by atoms with van der Waals surface area (Å²) in [5.74, 6) is 0.933. The van der Waals surface area contributed by atoms with Gasteiger partial charge in [-0.25, -0.2) is 0 Å². The number of nitrogens with one attached hydrogen (secondary N) is 1. The van der Waals surface area contributed by atoms with Crippen LogP contribution in [-0.4, -0.2) is 50.0 Å². The Morgan fingerprint density at radius 1 is 1.04 bits per heavy atom. The Bertz CT molecular complexity index is 873. The molecule has 0 aliphatic carbocycles. The Morgan fingerprint density at radius 2 is 1.85 bits per heavy atom. The lowest BCUT2D eigenvalue weighted by molar-refractivity contribution is -0.116. The van der Waals surface area contributed by atoms with Crippen molar-refractivity contribution in [2.24, 2.45) is 0 Å². The zero-order valence-electron chi connectivity index (χ0n) is 15.4. The van der Waals surface area contributed by atoms with Gasteiger partial charge in [0, 0.05) is 55.6 Å². The van der Waals surface area contributed by atoms with Gasteiger partial charge in [-0.05, 0) is 42.3 Å². The van der Waals surface area contributed by atoms with Gasteiger partial charge in [-0.3, -0.25) is 9.59 Å². The first-order chi connectivity index (χ1) is 13.1. The standard InChI is InChI=1S/C21H23N3O3/c1-27-18-4-2-3-17(14-18)23-9-11-24(12-10-23)21(26)16-5-7-19-15(13-16)6-8-20(25)22-19/h2-5,7,13-14H,6,8-12H2,1H3,(H,22,25). The molecule has 1 N–H and O–H groups in total. The molecule has 2 amide bonds. The first kappa shape index (κ1) is 17.4. The molecule has 2 aromatic carbocycles. The number of rotatable bonds is 3. The molecule has 4 rings (SSSR count). The molecule has 0 saturated carbocycles. The predicted octanol–water partition coefficient (Wildman–Crippen LogP) is 2.54. The summed E-state index contributed by atoms with van der Waals surface area (Å²) in [4.78, 5) is 28.5. The van der Waals surface area contributed by atoms with Crippen LogP contribution >= 0.6 is 0 Å². The molecule has 0 bridgehead atoms. The lowest BCUT2D eigenvalue weighted by Gasteiger charge is -2.36. The monoisotopic (exact) mass is 365 g/mol. The van der Waals surface area contributed by atoms with Crippen molar-refractivity contribution in [3.05, 3.63) is 53.6 Å². The van der Waals surface area contributed by atoms with Crippen LogP contribution in [0.25, 0.3) is 0 Å². The highest BCUT2D eigenvalue weighted by Crippen LogP contribution is 2.25. The van der Waals surface area contributed by atoms with E-state index in [9.17, 15) is 9.59 Å². The Kier molecular flexibility index (Phi) is 4.71. The summed E-state index contributed by atoms with van der Waals surface area (Å²) in [6.07, 6.45) is 1.16. The number of benzene rings is 2. The summed E-state index contributed by atoms with van der Waals surface area (Å²) in [6.45, 7) is 2.95. The molecule has 0 unspecified atom stereocenters. The van der Waals surface area contributed by atoms with E-state index in [1.807, 2.05) is 35.2 Å². The molecule has 140 valence electrons. The third-order valence-corrected chi connectivity index (χ3v) is 5.23. The Balaban J connectivity index is 1.42. The second-order valence-corrected chi connectivity index (χ2v) is 6.90. The molecular formula is C21H23N3O3. The third-order valence-electron chi connectivity index (χ3n) is 5.23. The number of piperazine rings is 1. The Hall–Kier alpha value is -3.02. The summed E-state index contributed by atoms with van der Waals surface area (Å²) < 4.78 is 5.30. The van der Waals surface area contributed by atoms with Crippen molar-refractivity contribution in [3.63, 3.8) is 0 Å². The fourth-order valence-electron chi connectivity index (χ4n) is 3.67. The number of carbonyl (C=O) groups excluding carboxylic acids is 2. The molecule has 0 atom stereocenters. The zero-order chi connectivity index (χ0) is 18.8. The van der Waals surface area contributed by atoms with Gasteiger partial charge in [0.25, 0.3) is 5.91 Å². The van der Waals surface area contributed by atoms with E-state index in [1.54, 1.807) is 13.2 Å². The molecular weight excluding hydrogens is 342 g/mol. The molecule has 6 heteroatoms. The number of hydrogen-bond donors (Lipinski definition) is 1. The number of nitrogens with zero attached hydrogens (tertiary/aromatic N) is 2. The minimum Gasteiger partial charge on any atom is -0.497 e. The van der Waals surface area contributed by atoms with Crippen molar-refractivity contribution in [2.75, 3.05) is 43.5 Å². The molecule has 1 saturated heterocycles. The number of anilines is 2. The van der Waals surface area contributed by atoms with E-state index in [0.29, 0.717) is 31.5 Å². The molecule has 2 aromatic rings. The SMILES string of the molecule is COc1cccc(N2CCN(C(=O)c3ccc4c(c3)CCC(=O)N4)CC2)c1. The highest BCUT2D eigenvalue weighted by molar-refractivity contribution is 5.98. The maximum absolute atomic E-state index is 12.9. The lowest BCUT2D eigenvalue weighted by atomic mass is 10.00. The summed E-state index contributed by atoms with van der Waals surface area (Å²) in [7, 11) is 1.67. The molecule has 0 spiro atoms. The number of amides is 2. The molecule has 2 aliphatic heterocycles. The van der Waals surface area contributed by atoms with Gasteiger partial charge in [0.1, 0.15) is 5.75 Å². The van der Waals surface area contributed by atoms with Crippen molar-refractivity contribution in [3.8, 4) is 5.75 Å². The largest absolute Gasteiger partial charge is 0.497 e. The van der Waals surface area contributed by atoms with Crippen LogP contribution < -0.4 is 15.0 Å². The minimum absolute atomic E-state index is 0.0373. The fourth-order valence-corrected chi connectivity index (χ4v) is 3.67. The van der Waals surface area contributed by atoms with Crippen LogP contribution in [0, 0.1) is 0 Å². The van der Waals surface area contributed by atoms with Gasteiger partial charge >= 0.3 is 0 Å². The van der Waals surface area contributed by atoms with E-state index in [0.717, 1.165) is 35.8 Å². The molecule has 6 nitrogen and oxygen atoms in total. The van der Waals surface area contributed by atoms with Crippen LogP contribution in [0.4, 0.5) is 11.4 Å². The van der Waals surface area contributed by atoms with E-state index in [4.69, 9.17) is 4.74 Å². The van der Waals surface area contributed by atoms with E-state index >= 15 is 0 Å². The molecule has 2 heterocycles. The summed E-state index contributed by atoms with van der Waals surface area (Å²) in [6, 6.07) is 13.6. The van der Waals surface area contributed by atoms with E-state index in [-0.39, 0.29) is 11.8 Å². The number of fused-ring (bicyclic) bond motifs is 1. The van der Waals surface area contributed by atoms with Crippen molar-refractivity contribution in [1.82, 2.24) is 4.90 Å². The first-order valence-electron chi connectivity index (χ1n) is 9.25. The van der Waals surface area contributed by atoms with Gasteiger partial charge in [0.05, 0.1) is 7.11 Å². The average molecular weight is 365 g/mol. The summed E-state index contributed by atoms with van der Waals surface area (Å²) in [5, 5.41) is 2.86. The van der Waals surface area contributed by atoms with Crippen molar-refractivity contribution < 1.29 is 14.3 Å². The van der Waals surface area contributed by atoms with Crippen molar-refractivity contribution in [1.29, 1.82) is 0 Å². The van der Waals surface area contributed by atoms with E-state index in [2.05, 4.69) is 16.3 Å². The average Bonchev–Trinajstić information content (AvgIpc) is 2.73. The third kappa shape index (κ3) is 3.60. The summed E-state index contributed by atoms with van der Waals surface area (Å²) in [5.41, 5.74) is 3.67. The maximum Gasteiger partial charge on any atom is 0.253 e. The molecule has 2 aliphatic rings. The predicted molar refractivity (Wildman–Crippen MR) is 105 cm³/mol. The topological polar surface area (TPSA) is 61.9 Å². The molecule has 27 heavy (non-hydrogen) atoms. The Morgan fingerprint density at radius 3 is 2.63 bits per heavy atom. The number of hydrogen-bond acceptors (Lipinski definition) is 4. The maximum atomic E-state index is 12.9. The normalized spacial score (nSPS) is 16.6. The Labute approximate surface area is 158 Å². The smallest absolute Gasteiger partial charge is 0.253 e. The quantitative estimate of drug-likeness (QED) is 0.908. The second kappa shape index (κ2) is 7.31. The number of methoxy groups -OCH3 is 1. The number of aryl methyl sites for hydroxylation is 1. The van der Waals surface area contributed by atoms with Gasteiger partial charge in [-0.1, -0.05) is 6.07 Å². The van der Waals surface area contributed by atoms with Crippen LogP contribution in [0.15, 0.2) is 42.5 Å². The zero-order valence-corrected chi connectivity index (χ0v) is 15.4. The van der Waals surface area contributed by atoms with Gasteiger partial charge < -0.3 is 19.9 Å². The fraction of sp³-hybridized carbons (Fsp3) is 0.333. The van der Waals surface area contributed by atoms with Crippen LogP contribution in [0.1, 0.15) is 22.3 Å². The van der Waals surface area contributed by atoms with Crippen LogP contribution in [-0.2, 0) is 11.2 Å². The van der Waals surface area contributed by atoms with Gasteiger partial charge in [-0.2, -0.15) is 0 Å². The number of ether oxygens (including phenoxy) is 1. The second-order valence-electron chi connectivity index (χ2n) is 6.90. The highest BCUT2D eigenvalue weighted by Gasteiger charge is 2.24. The van der Waals surface area contributed by atoms with Gasteiger partial charge in [0.15, 0.2) is 0 Å². The van der Waals surface area contributed by atoms with Crippen LogP contribution in [0.2, 0.25) is 0 Å². The van der Waals surface area contributed by atoms with Gasteiger partial charge in [-0.15, -0.1) is 0 Å². The van der Waals surface area contributed by atoms with E-state index in [1.165, 1.54) is 0 Å². The molecule has 1 fully saturated rings.